The lowest BCUT2D eigenvalue weighted by Crippen LogP contribution is -2.23. The monoisotopic (exact) mass is 460 g/mol. The standard InChI is InChI=1S/C27H40O6/c1-19(2)33-27(29)11-7-8-20-12-14-24-23(25(30-3)16-26(24)32-17-20)15-13-21(28)18-31-22-9-5-4-6-10-22/h4-6,9-10,13,15,19-21,23-26,28H,7-8,11-12,14,16-18H2,1-3H3/t20-,21+,23+,24+,25+,26-/m0/s1. The Balaban J connectivity index is 1.48. The fraction of sp³-hybridized carbons (Fsp3) is 0.667. The minimum atomic E-state index is -0.674. The number of aliphatic hydroxyl groups is 1. The van der Waals surface area contributed by atoms with Crippen molar-refractivity contribution in [3.8, 4) is 5.75 Å². The molecular weight excluding hydrogens is 420 g/mol. The molecule has 0 bridgehead atoms. The summed E-state index contributed by atoms with van der Waals surface area (Å²) in [5.74, 6) is 1.70. The third kappa shape index (κ3) is 8.13. The Morgan fingerprint density at radius 2 is 2.03 bits per heavy atom. The zero-order chi connectivity index (χ0) is 23.6. The molecule has 1 saturated heterocycles. The van der Waals surface area contributed by atoms with Crippen LogP contribution in [0.2, 0.25) is 0 Å². The van der Waals surface area contributed by atoms with Crippen LogP contribution in [0.1, 0.15) is 52.4 Å². The molecule has 2 fully saturated rings. The van der Waals surface area contributed by atoms with E-state index in [9.17, 15) is 9.90 Å². The van der Waals surface area contributed by atoms with E-state index in [-0.39, 0.29) is 36.8 Å². The molecule has 1 aliphatic carbocycles. The Kier molecular flexibility index (Phi) is 10.2. The van der Waals surface area contributed by atoms with Gasteiger partial charge in [0.2, 0.25) is 0 Å². The maximum absolute atomic E-state index is 11.8. The number of carbonyl (C=O) groups is 1. The van der Waals surface area contributed by atoms with Gasteiger partial charge in [0, 0.05) is 32.5 Å². The molecule has 1 aromatic carbocycles. The Bertz CT molecular complexity index is 733. The molecule has 1 N–H and O–H groups in total. The average Bonchev–Trinajstić information content (AvgIpc) is 3.01. The van der Waals surface area contributed by atoms with Gasteiger partial charge in [0.15, 0.2) is 0 Å². The summed E-state index contributed by atoms with van der Waals surface area (Å²) in [6.07, 6.45) is 8.81. The molecule has 0 aromatic heterocycles. The topological polar surface area (TPSA) is 74.2 Å². The van der Waals surface area contributed by atoms with Crippen LogP contribution in [0.5, 0.6) is 5.75 Å². The molecule has 1 saturated carbocycles. The van der Waals surface area contributed by atoms with Crippen molar-refractivity contribution in [2.75, 3.05) is 20.3 Å². The molecule has 6 nitrogen and oxygen atoms in total. The second-order valence-electron chi connectivity index (χ2n) is 9.57. The van der Waals surface area contributed by atoms with E-state index in [0.29, 0.717) is 18.3 Å². The third-order valence-corrected chi connectivity index (χ3v) is 6.70. The van der Waals surface area contributed by atoms with Crippen LogP contribution in [0.25, 0.3) is 0 Å². The summed E-state index contributed by atoms with van der Waals surface area (Å²) < 4.78 is 23.0. The summed E-state index contributed by atoms with van der Waals surface area (Å²) in [4.78, 5) is 11.8. The molecule has 1 aromatic rings. The minimum Gasteiger partial charge on any atom is -0.491 e. The molecule has 1 aliphatic heterocycles. The number of hydrogen-bond donors (Lipinski definition) is 1. The van der Waals surface area contributed by atoms with Gasteiger partial charge in [0.1, 0.15) is 18.5 Å². The van der Waals surface area contributed by atoms with E-state index in [2.05, 4.69) is 6.08 Å². The van der Waals surface area contributed by atoms with Crippen molar-refractivity contribution in [3.05, 3.63) is 42.5 Å². The van der Waals surface area contributed by atoms with Gasteiger partial charge >= 0.3 is 5.97 Å². The lowest BCUT2D eigenvalue weighted by molar-refractivity contribution is -0.147. The van der Waals surface area contributed by atoms with E-state index in [0.717, 1.165) is 44.5 Å². The fourth-order valence-corrected chi connectivity index (χ4v) is 5.04. The van der Waals surface area contributed by atoms with Crippen LogP contribution in [-0.2, 0) is 19.0 Å². The van der Waals surface area contributed by atoms with E-state index >= 15 is 0 Å². The first-order chi connectivity index (χ1) is 16.0. The van der Waals surface area contributed by atoms with Crippen molar-refractivity contribution in [2.45, 2.75) is 76.8 Å². The van der Waals surface area contributed by atoms with Crippen molar-refractivity contribution in [1.82, 2.24) is 0 Å². The van der Waals surface area contributed by atoms with Gasteiger partial charge in [-0.05, 0) is 63.5 Å². The third-order valence-electron chi connectivity index (χ3n) is 6.70. The van der Waals surface area contributed by atoms with Crippen LogP contribution in [0.15, 0.2) is 42.5 Å². The number of fused-ring (bicyclic) bond motifs is 1. The molecular formula is C27H40O6. The number of carbonyl (C=O) groups excluding carboxylic acids is 1. The van der Waals surface area contributed by atoms with Crippen molar-refractivity contribution in [3.63, 3.8) is 0 Å². The van der Waals surface area contributed by atoms with Crippen LogP contribution < -0.4 is 4.74 Å². The SMILES string of the molecule is CO[C@@H]1C[C@@H]2OC[C@@H](CCCC(=O)OC(C)C)CC[C@@H]2[C@H]1C=C[C@@H](O)COc1ccccc1. The molecule has 33 heavy (non-hydrogen) atoms. The van der Waals surface area contributed by atoms with Gasteiger partial charge < -0.3 is 24.1 Å². The van der Waals surface area contributed by atoms with Crippen LogP contribution >= 0.6 is 0 Å². The van der Waals surface area contributed by atoms with Gasteiger partial charge in [-0.1, -0.05) is 30.4 Å². The largest absolute Gasteiger partial charge is 0.491 e. The van der Waals surface area contributed by atoms with Gasteiger partial charge in [-0.25, -0.2) is 0 Å². The van der Waals surface area contributed by atoms with Crippen molar-refractivity contribution in [1.29, 1.82) is 0 Å². The molecule has 184 valence electrons. The van der Waals surface area contributed by atoms with Gasteiger partial charge in [-0.2, -0.15) is 0 Å². The number of hydrogen-bond acceptors (Lipinski definition) is 6. The summed E-state index contributed by atoms with van der Waals surface area (Å²) >= 11 is 0. The normalized spacial score (nSPS) is 28.5. The first-order valence-corrected chi connectivity index (χ1v) is 12.3. The van der Waals surface area contributed by atoms with Crippen LogP contribution in [0.3, 0.4) is 0 Å². The summed E-state index contributed by atoms with van der Waals surface area (Å²) in [5, 5.41) is 10.4. The number of methoxy groups -OCH3 is 1. The molecule has 3 rings (SSSR count). The predicted octanol–water partition coefficient (Wildman–Crippen LogP) is 4.55. The maximum Gasteiger partial charge on any atom is 0.306 e. The van der Waals surface area contributed by atoms with Crippen LogP contribution in [0.4, 0.5) is 0 Å². The predicted molar refractivity (Wildman–Crippen MR) is 127 cm³/mol. The Morgan fingerprint density at radius 3 is 2.76 bits per heavy atom. The maximum atomic E-state index is 11.8. The number of aliphatic hydroxyl groups excluding tert-OH is 1. The highest BCUT2D eigenvalue weighted by atomic mass is 16.5. The summed E-state index contributed by atoms with van der Waals surface area (Å²) in [6.45, 7) is 4.71. The zero-order valence-corrected chi connectivity index (χ0v) is 20.2. The summed E-state index contributed by atoms with van der Waals surface area (Å²) in [7, 11) is 1.75. The van der Waals surface area contributed by atoms with Gasteiger partial charge in [0.05, 0.1) is 18.3 Å². The number of benzene rings is 1. The highest BCUT2D eigenvalue weighted by Gasteiger charge is 2.44. The quantitative estimate of drug-likeness (QED) is 0.386. The number of ether oxygens (including phenoxy) is 4. The molecule has 0 amide bonds. The number of para-hydroxylation sites is 1. The lowest BCUT2D eigenvalue weighted by Gasteiger charge is -2.22. The number of rotatable bonds is 11. The second kappa shape index (κ2) is 13.1. The molecule has 6 heteroatoms. The Morgan fingerprint density at radius 1 is 1.24 bits per heavy atom. The van der Waals surface area contributed by atoms with Gasteiger partial charge in [-0.15, -0.1) is 0 Å². The highest BCUT2D eigenvalue weighted by molar-refractivity contribution is 5.69. The molecule has 1 heterocycles. The first kappa shape index (κ1) is 25.7. The zero-order valence-electron chi connectivity index (χ0n) is 20.2. The smallest absolute Gasteiger partial charge is 0.306 e. The molecule has 0 unspecified atom stereocenters. The molecule has 2 aliphatic rings. The van der Waals surface area contributed by atoms with E-state index < -0.39 is 6.10 Å². The van der Waals surface area contributed by atoms with Crippen LogP contribution in [-0.4, -0.2) is 55.8 Å². The summed E-state index contributed by atoms with van der Waals surface area (Å²) in [6, 6.07) is 9.52. The molecule has 6 atom stereocenters. The minimum absolute atomic E-state index is 0.0553. The fourth-order valence-electron chi connectivity index (χ4n) is 5.04. The second-order valence-corrected chi connectivity index (χ2v) is 9.57. The Labute approximate surface area is 198 Å². The molecule has 0 spiro atoms. The van der Waals surface area contributed by atoms with E-state index in [1.807, 2.05) is 50.3 Å². The highest BCUT2D eigenvalue weighted by Crippen LogP contribution is 2.43. The van der Waals surface area contributed by atoms with Crippen molar-refractivity contribution < 1.29 is 28.8 Å². The van der Waals surface area contributed by atoms with E-state index in [4.69, 9.17) is 18.9 Å². The van der Waals surface area contributed by atoms with Gasteiger partial charge in [0.25, 0.3) is 0 Å². The average molecular weight is 461 g/mol. The first-order valence-electron chi connectivity index (χ1n) is 12.3. The summed E-state index contributed by atoms with van der Waals surface area (Å²) in [5.41, 5.74) is 0. The van der Waals surface area contributed by atoms with Crippen molar-refractivity contribution >= 4 is 5.97 Å². The molecule has 0 radical (unpaired) electrons. The van der Waals surface area contributed by atoms with Crippen LogP contribution in [0, 0.1) is 17.8 Å². The van der Waals surface area contributed by atoms with E-state index in [1.165, 1.54) is 0 Å². The Hall–Kier alpha value is -1.89. The van der Waals surface area contributed by atoms with E-state index in [1.54, 1.807) is 7.11 Å². The van der Waals surface area contributed by atoms with Gasteiger partial charge in [-0.3, -0.25) is 4.79 Å². The lowest BCUT2D eigenvalue weighted by atomic mass is 9.86. The number of esters is 1. The van der Waals surface area contributed by atoms with Crippen molar-refractivity contribution in [2.24, 2.45) is 17.8 Å².